The first-order chi connectivity index (χ1) is 11.1. The summed E-state index contributed by atoms with van der Waals surface area (Å²) in [5.74, 6) is 1.07. The van der Waals surface area contributed by atoms with Crippen LogP contribution < -0.4 is 0 Å². The largest absolute Gasteiger partial charge is 0.468 e. The highest BCUT2D eigenvalue weighted by Crippen LogP contribution is 2.29. The molecule has 6 heteroatoms. The number of aryl methyl sites for hydroxylation is 1. The van der Waals surface area contributed by atoms with Gasteiger partial charge in [-0.05, 0) is 38.4 Å². The van der Waals surface area contributed by atoms with Gasteiger partial charge in [0.15, 0.2) is 0 Å². The van der Waals surface area contributed by atoms with E-state index in [2.05, 4.69) is 9.88 Å². The van der Waals surface area contributed by atoms with Gasteiger partial charge >= 0.3 is 5.97 Å². The van der Waals surface area contributed by atoms with Gasteiger partial charge in [0, 0.05) is 6.54 Å². The molecule has 5 nitrogen and oxygen atoms in total. The third kappa shape index (κ3) is 3.26. The second-order valence-corrected chi connectivity index (χ2v) is 6.06. The van der Waals surface area contributed by atoms with Crippen LogP contribution in [0.3, 0.4) is 0 Å². The van der Waals surface area contributed by atoms with Crippen LogP contribution in [-0.4, -0.2) is 35.5 Å². The molecule has 0 N–H and O–H groups in total. The molecule has 0 saturated carbocycles. The molecular weight excluding hydrogens is 316 g/mol. The van der Waals surface area contributed by atoms with E-state index in [1.165, 1.54) is 7.11 Å². The van der Waals surface area contributed by atoms with E-state index < -0.39 is 0 Å². The third-order valence-electron chi connectivity index (χ3n) is 4.19. The molecule has 3 rings (SSSR count). The van der Waals surface area contributed by atoms with Gasteiger partial charge in [0.25, 0.3) is 0 Å². The molecule has 2 heterocycles. The lowest BCUT2D eigenvalue weighted by molar-refractivity contribution is -0.146. The summed E-state index contributed by atoms with van der Waals surface area (Å²) in [6.07, 6.45) is 1.80. The average Bonchev–Trinajstić information content (AvgIpc) is 3.15. The minimum absolute atomic E-state index is 0.185. The Bertz CT molecular complexity index is 714. The minimum Gasteiger partial charge on any atom is -0.468 e. The smallest absolute Gasteiger partial charge is 0.323 e. The number of halogens is 1. The molecule has 1 aliphatic heterocycles. The standard InChI is InChI=1S/C17H19ClN2O3/c1-11-14(10-20-9-5-8-15(20)17(21)22-2)19-16(23-11)12-6-3-4-7-13(12)18/h3-4,6-7,15H,5,8-10H2,1-2H3/t15-/m0/s1. The highest BCUT2D eigenvalue weighted by atomic mass is 35.5. The number of likely N-dealkylation sites (tertiary alicyclic amines) is 1. The summed E-state index contributed by atoms with van der Waals surface area (Å²) < 4.78 is 10.7. The number of nitrogens with zero attached hydrogens (tertiary/aromatic N) is 2. The fourth-order valence-electron chi connectivity index (χ4n) is 2.94. The van der Waals surface area contributed by atoms with Gasteiger partial charge in [-0.25, -0.2) is 4.98 Å². The number of esters is 1. The second-order valence-electron chi connectivity index (χ2n) is 5.65. The van der Waals surface area contributed by atoms with Crippen molar-refractivity contribution in [1.82, 2.24) is 9.88 Å². The first kappa shape index (κ1) is 16.0. The van der Waals surface area contributed by atoms with Crippen molar-refractivity contribution in [3.8, 4) is 11.5 Å². The summed E-state index contributed by atoms with van der Waals surface area (Å²) in [6.45, 7) is 3.30. The van der Waals surface area contributed by atoms with Gasteiger partial charge in [0.2, 0.25) is 5.89 Å². The SMILES string of the molecule is COC(=O)[C@@H]1CCCN1Cc1nc(-c2ccccc2Cl)oc1C. The number of oxazole rings is 1. The van der Waals surface area contributed by atoms with E-state index in [0.717, 1.165) is 36.4 Å². The van der Waals surface area contributed by atoms with Crippen LogP contribution in [0, 0.1) is 6.92 Å². The van der Waals surface area contributed by atoms with Gasteiger partial charge in [-0.2, -0.15) is 0 Å². The fraction of sp³-hybridized carbons (Fsp3) is 0.412. The molecule has 122 valence electrons. The van der Waals surface area contributed by atoms with Crippen molar-refractivity contribution in [1.29, 1.82) is 0 Å². The second kappa shape index (κ2) is 6.72. The van der Waals surface area contributed by atoms with Crippen molar-refractivity contribution in [3.63, 3.8) is 0 Å². The Morgan fingerprint density at radius 2 is 2.26 bits per heavy atom. The molecule has 1 aromatic carbocycles. The van der Waals surface area contributed by atoms with Gasteiger partial charge < -0.3 is 9.15 Å². The Hall–Kier alpha value is -1.85. The number of hydrogen-bond acceptors (Lipinski definition) is 5. The summed E-state index contributed by atoms with van der Waals surface area (Å²) >= 11 is 6.20. The number of carbonyl (C=O) groups excluding carboxylic acids is 1. The summed E-state index contributed by atoms with van der Waals surface area (Å²) in [6, 6.07) is 7.26. The lowest BCUT2D eigenvalue weighted by atomic mass is 10.2. The van der Waals surface area contributed by atoms with E-state index in [-0.39, 0.29) is 12.0 Å². The molecule has 23 heavy (non-hydrogen) atoms. The fourth-order valence-corrected chi connectivity index (χ4v) is 3.15. The molecular formula is C17H19ClN2O3. The molecule has 1 fully saturated rings. The number of hydrogen-bond donors (Lipinski definition) is 0. The Balaban J connectivity index is 1.82. The van der Waals surface area contributed by atoms with Crippen LogP contribution in [0.25, 0.3) is 11.5 Å². The maximum absolute atomic E-state index is 11.8. The molecule has 0 unspecified atom stereocenters. The number of benzene rings is 1. The van der Waals surface area contributed by atoms with Crippen LogP contribution in [-0.2, 0) is 16.1 Å². The van der Waals surface area contributed by atoms with Crippen molar-refractivity contribution >= 4 is 17.6 Å². The molecule has 0 bridgehead atoms. The van der Waals surface area contributed by atoms with Crippen molar-refractivity contribution in [2.24, 2.45) is 0 Å². The molecule has 0 spiro atoms. The van der Waals surface area contributed by atoms with Crippen molar-refractivity contribution in [2.75, 3.05) is 13.7 Å². The van der Waals surface area contributed by atoms with E-state index in [1.807, 2.05) is 31.2 Å². The molecule has 2 aromatic rings. The first-order valence-electron chi connectivity index (χ1n) is 7.63. The number of methoxy groups -OCH3 is 1. The highest BCUT2D eigenvalue weighted by molar-refractivity contribution is 6.33. The lowest BCUT2D eigenvalue weighted by Crippen LogP contribution is -2.36. The van der Waals surface area contributed by atoms with E-state index in [1.54, 1.807) is 0 Å². The summed E-state index contributed by atoms with van der Waals surface area (Å²) in [7, 11) is 1.43. The van der Waals surface area contributed by atoms with Crippen LogP contribution in [0.4, 0.5) is 0 Å². The quantitative estimate of drug-likeness (QED) is 0.802. The number of ether oxygens (including phenoxy) is 1. The van der Waals surface area contributed by atoms with Crippen molar-refractivity contribution in [2.45, 2.75) is 32.4 Å². The maximum atomic E-state index is 11.8. The zero-order chi connectivity index (χ0) is 16.4. The molecule has 1 atom stereocenters. The van der Waals surface area contributed by atoms with Crippen molar-refractivity contribution in [3.05, 3.63) is 40.7 Å². The van der Waals surface area contributed by atoms with Crippen LogP contribution in [0.2, 0.25) is 5.02 Å². The third-order valence-corrected chi connectivity index (χ3v) is 4.52. The van der Waals surface area contributed by atoms with Crippen LogP contribution in [0.1, 0.15) is 24.3 Å². The van der Waals surface area contributed by atoms with E-state index in [0.29, 0.717) is 17.5 Å². The lowest BCUT2D eigenvalue weighted by Gasteiger charge is -2.21. The Morgan fingerprint density at radius 1 is 1.48 bits per heavy atom. The number of carbonyl (C=O) groups is 1. The Morgan fingerprint density at radius 3 is 3.00 bits per heavy atom. The summed E-state index contributed by atoms with van der Waals surface area (Å²) in [4.78, 5) is 18.5. The monoisotopic (exact) mass is 334 g/mol. The Labute approximate surface area is 140 Å². The van der Waals surface area contributed by atoms with Crippen molar-refractivity contribution < 1.29 is 13.9 Å². The van der Waals surface area contributed by atoms with Gasteiger partial charge in [-0.15, -0.1) is 0 Å². The summed E-state index contributed by atoms with van der Waals surface area (Å²) in [5, 5.41) is 0.605. The van der Waals surface area contributed by atoms with Crippen LogP contribution in [0.5, 0.6) is 0 Å². The molecule has 1 aliphatic rings. The van der Waals surface area contributed by atoms with Gasteiger partial charge in [0.1, 0.15) is 11.8 Å². The molecule has 1 saturated heterocycles. The molecule has 0 aliphatic carbocycles. The highest BCUT2D eigenvalue weighted by Gasteiger charge is 2.32. The average molecular weight is 335 g/mol. The molecule has 1 aromatic heterocycles. The zero-order valence-corrected chi connectivity index (χ0v) is 14.0. The minimum atomic E-state index is -0.195. The first-order valence-corrected chi connectivity index (χ1v) is 8.01. The predicted molar refractivity (Wildman–Crippen MR) is 87.1 cm³/mol. The van der Waals surface area contributed by atoms with Gasteiger partial charge in [0.05, 0.1) is 23.4 Å². The zero-order valence-electron chi connectivity index (χ0n) is 13.2. The van der Waals surface area contributed by atoms with E-state index >= 15 is 0 Å². The topological polar surface area (TPSA) is 55.6 Å². The van der Waals surface area contributed by atoms with E-state index in [4.69, 9.17) is 20.8 Å². The maximum Gasteiger partial charge on any atom is 0.323 e. The van der Waals surface area contributed by atoms with Crippen LogP contribution in [0.15, 0.2) is 28.7 Å². The molecule has 0 amide bonds. The molecule has 0 radical (unpaired) electrons. The van der Waals surface area contributed by atoms with E-state index in [9.17, 15) is 4.79 Å². The Kier molecular flexibility index (Phi) is 4.68. The van der Waals surface area contributed by atoms with Crippen LogP contribution >= 0.6 is 11.6 Å². The van der Waals surface area contributed by atoms with Gasteiger partial charge in [-0.3, -0.25) is 9.69 Å². The number of aromatic nitrogens is 1. The predicted octanol–water partition coefficient (Wildman–Crippen LogP) is 3.44. The summed E-state index contributed by atoms with van der Waals surface area (Å²) in [5.41, 5.74) is 1.60. The normalized spacial score (nSPS) is 18.3. The van der Waals surface area contributed by atoms with Gasteiger partial charge in [-0.1, -0.05) is 23.7 Å². The number of rotatable bonds is 4.